The van der Waals surface area contributed by atoms with E-state index in [0.29, 0.717) is 6.61 Å². The summed E-state index contributed by atoms with van der Waals surface area (Å²) in [5, 5.41) is 3.86. The van der Waals surface area contributed by atoms with Gasteiger partial charge in [0.15, 0.2) is 0 Å². The molecule has 0 aliphatic carbocycles. The molecule has 0 spiro atoms. The lowest BCUT2D eigenvalue weighted by Crippen LogP contribution is -1.87. The SMILES string of the molecule is CCO/N=C/c1ccc(C)c(SCC)c1. The molecule has 0 amide bonds. The first-order valence-corrected chi connectivity index (χ1v) is 6.15. The molecule has 3 heteroatoms. The van der Waals surface area contributed by atoms with Gasteiger partial charge in [-0.15, -0.1) is 11.8 Å². The zero-order valence-corrected chi connectivity index (χ0v) is 10.3. The fourth-order valence-corrected chi connectivity index (χ4v) is 2.01. The number of aryl methyl sites for hydroxylation is 1. The average molecular weight is 223 g/mol. The molecule has 1 aromatic carbocycles. The first kappa shape index (κ1) is 12.1. The summed E-state index contributed by atoms with van der Waals surface area (Å²) >= 11 is 1.85. The third-order valence-corrected chi connectivity index (χ3v) is 2.96. The van der Waals surface area contributed by atoms with Crippen LogP contribution in [0.25, 0.3) is 0 Å². The van der Waals surface area contributed by atoms with Gasteiger partial charge in [-0.25, -0.2) is 0 Å². The highest BCUT2D eigenvalue weighted by Crippen LogP contribution is 2.22. The van der Waals surface area contributed by atoms with Crippen molar-refractivity contribution < 1.29 is 4.84 Å². The van der Waals surface area contributed by atoms with Crippen LogP contribution >= 0.6 is 11.8 Å². The van der Waals surface area contributed by atoms with Crippen molar-refractivity contribution in [2.24, 2.45) is 5.16 Å². The van der Waals surface area contributed by atoms with Crippen molar-refractivity contribution in [2.45, 2.75) is 25.7 Å². The first-order chi connectivity index (χ1) is 7.27. The molecule has 0 aliphatic heterocycles. The molecule has 0 aliphatic rings. The van der Waals surface area contributed by atoms with Gasteiger partial charge in [0.2, 0.25) is 0 Å². The quantitative estimate of drug-likeness (QED) is 0.433. The Balaban J connectivity index is 2.77. The van der Waals surface area contributed by atoms with Crippen LogP contribution in [0, 0.1) is 6.92 Å². The Labute approximate surface area is 95.7 Å². The summed E-state index contributed by atoms with van der Waals surface area (Å²) in [7, 11) is 0. The third-order valence-electron chi connectivity index (χ3n) is 1.92. The molecule has 2 nitrogen and oxygen atoms in total. The van der Waals surface area contributed by atoms with Gasteiger partial charge in [0, 0.05) is 4.90 Å². The van der Waals surface area contributed by atoms with Crippen molar-refractivity contribution in [1.29, 1.82) is 0 Å². The Morgan fingerprint density at radius 3 is 2.87 bits per heavy atom. The van der Waals surface area contributed by atoms with E-state index >= 15 is 0 Å². The van der Waals surface area contributed by atoms with E-state index in [1.54, 1.807) is 6.21 Å². The van der Waals surface area contributed by atoms with Gasteiger partial charge in [0.25, 0.3) is 0 Å². The predicted molar refractivity (Wildman–Crippen MR) is 66.8 cm³/mol. The zero-order chi connectivity index (χ0) is 11.1. The minimum atomic E-state index is 0.610. The number of hydrogen-bond acceptors (Lipinski definition) is 3. The lowest BCUT2D eigenvalue weighted by molar-refractivity contribution is 0.160. The minimum Gasteiger partial charge on any atom is -0.396 e. The van der Waals surface area contributed by atoms with E-state index in [-0.39, 0.29) is 0 Å². The zero-order valence-electron chi connectivity index (χ0n) is 9.49. The second kappa shape index (κ2) is 6.51. The van der Waals surface area contributed by atoms with E-state index in [1.807, 2.05) is 18.7 Å². The predicted octanol–water partition coefficient (Wildman–Crippen LogP) is 3.48. The van der Waals surface area contributed by atoms with Crippen molar-refractivity contribution in [3.63, 3.8) is 0 Å². The van der Waals surface area contributed by atoms with Crippen LogP contribution in [-0.2, 0) is 4.84 Å². The van der Waals surface area contributed by atoms with Gasteiger partial charge in [-0.2, -0.15) is 0 Å². The Morgan fingerprint density at radius 2 is 2.20 bits per heavy atom. The van der Waals surface area contributed by atoms with Crippen LogP contribution in [0.1, 0.15) is 25.0 Å². The van der Waals surface area contributed by atoms with Crippen LogP contribution in [0.3, 0.4) is 0 Å². The maximum Gasteiger partial charge on any atom is 0.114 e. The van der Waals surface area contributed by atoms with Crippen molar-refractivity contribution in [3.05, 3.63) is 29.3 Å². The molecule has 0 radical (unpaired) electrons. The van der Waals surface area contributed by atoms with Gasteiger partial charge in [0.1, 0.15) is 6.61 Å². The molecule has 15 heavy (non-hydrogen) atoms. The molecule has 0 unspecified atom stereocenters. The van der Waals surface area contributed by atoms with Crippen LogP contribution < -0.4 is 0 Å². The molecule has 82 valence electrons. The summed E-state index contributed by atoms with van der Waals surface area (Å²) < 4.78 is 0. The first-order valence-electron chi connectivity index (χ1n) is 5.16. The third kappa shape index (κ3) is 3.96. The van der Waals surface area contributed by atoms with E-state index < -0.39 is 0 Å². The highest BCUT2D eigenvalue weighted by Gasteiger charge is 1.98. The molecule has 0 bridgehead atoms. The van der Waals surface area contributed by atoms with Crippen LogP contribution in [0.2, 0.25) is 0 Å². The molecule has 1 aromatic rings. The number of thioether (sulfide) groups is 1. The Hall–Kier alpha value is -0.960. The smallest absolute Gasteiger partial charge is 0.114 e. The Morgan fingerprint density at radius 1 is 1.40 bits per heavy atom. The molecular formula is C12H17NOS. The van der Waals surface area contributed by atoms with Gasteiger partial charge >= 0.3 is 0 Å². The van der Waals surface area contributed by atoms with Gasteiger partial charge < -0.3 is 4.84 Å². The van der Waals surface area contributed by atoms with Crippen molar-refractivity contribution >= 4 is 18.0 Å². The van der Waals surface area contributed by atoms with Gasteiger partial charge in [-0.05, 0) is 36.8 Å². The maximum absolute atomic E-state index is 4.93. The summed E-state index contributed by atoms with van der Waals surface area (Å²) in [4.78, 5) is 6.25. The maximum atomic E-state index is 4.93. The fraction of sp³-hybridized carbons (Fsp3) is 0.417. The van der Waals surface area contributed by atoms with Crippen molar-refractivity contribution in [3.8, 4) is 0 Å². The molecule has 0 aromatic heterocycles. The summed E-state index contributed by atoms with van der Waals surface area (Å²) in [6, 6.07) is 6.31. The second-order valence-electron chi connectivity index (χ2n) is 3.11. The lowest BCUT2D eigenvalue weighted by atomic mass is 10.2. The number of benzene rings is 1. The van der Waals surface area contributed by atoms with E-state index in [0.717, 1.165) is 11.3 Å². The number of nitrogens with zero attached hydrogens (tertiary/aromatic N) is 1. The summed E-state index contributed by atoms with van der Waals surface area (Å²) in [6.07, 6.45) is 1.75. The molecule has 0 N–H and O–H groups in total. The highest BCUT2D eigenvalue weighted by atomic mass is 32.2. The van der Waals surface area contributed by atoms with E-state index in [9.17, 15) is 0 Å². The summed E-state index contributed by atoms with van der Waals surface area (Å²) in [6.45, 7) is 6.82. The van der Waals surface area contributed by atoms with E-state index in [2.05, 4.69) is 37.2 Å². The Kier molecular flexibility index (Phi) is 5.26. The van der Waals surface area contributed by atoms with Crippen molar-refractivity contribution in [2.75, 3.05) is 12.4 Å². The molecule has 0 atom stereocenters. The molecule has 0 heterocycles. The van der Waals surface area contributed by atoms with Crippen LogP contribution in [-0.4, -0.2) is 18.6 Å². The highest BCUT2D eigenvalue weighted by molar-refractivity contribution is 7.99. The number of hydrogen-bond donors (Lipinski definition) is 0. The Bertz CT molecular complexity index is 336. The second-order valence-corrected chi connectivity index (χ2v) is 4.42. The molecule has 0 saturated heterocycles. The molecule has 0 fully saturated rings. The fourth-order valence-electron chi connectivity index (χ4n) is 1.18. The number of oxime groups is 1. The van der Waals surface area contributed by atoms with Gasteiger partial charge in [-0.1, -0.05) is 24.2 Å². The van der Waals surface area contributed by atoms with E-state index in [4.69, 9.17) is 4.84 Å². The van der Waals surface area contributed by atoms with Gasteiger partial charge in [0.05, 0.1) is 6.21 Å². The number of rotatable bonds is 5. The molecule has 1 rings (SSSR count). The van der Waals surface area contributed by atoms with Crippen molar-refractivity contribution in [1.82, 2.24) is 0 Å². The average Bonchev–Trinajstić information content (AvgIpc) is 2.23. The van der Waals surface area contributed by atoms with Crippen LogP contribution in [0.15, 0.2) is 28.3 Å². The lowest BCUT2D eigenvalue weighted by Gasteiger charge is -2.04. The standard InChI is InChI=1S/C12H17NOS/c1-4-14-13-9-11-7-6-10(3)12(8-11)15-5-2/h6-9H,4-5H2,1-3H3/b13-9+. The minimum absolute atomic E-state index is 0.610. The normalized spacial score (nSPS) is 10.9. The molecular weight excluding hydrogens is 206 g/mol. The largest absolute Gasteiger partial charge is 0.396 e. The molecule has 0 saturated carbocycles. The topological polar surface area (TPSA) is 21.6 Å². The van der Waals surface area contributed by atoms with Crippen LogP contribution in [0.5, 0.6) is 0 Å². The van der Waals surface area contributed by atoms with Crippen LogP contribution in [0.4, 0.5) is 0 Å². The summed E-state index contributed by atoms with van der Waals surface area (Å²) in [5.74, 6) is 1.09. The summed E-state index contributed by atoms with van der Waals surface area (Å²) in [5.41, 5.74) is 2.40. The van der Waals surface area contributed by atoms with E-state index in [1.165, 1.54) is 10.5 Å². The monoisotopic (exact) mass is 223 g/mol. The van der Waals surface area contributed by atoms with Gasteiger partial charge in [-0.3, -0.25) is 0 Å².